The zero-order valence-electron chi connectivity index (χ0n) is 18.3. The van der Waals surface area contributed by atoms with E-state index in [0.29, 0.717) is 55.4 Å². The molecular weight excluding hydrogens is 427 g/mol. The maximum atomic E-state index is 13.5. The van der Waals surface area contributed by atoms with Crippen LogP contribution in [0.1, 0.15) is 12.5 Å². The molecule has 2 heterocycles. The average Bonchev–Trinajstić information content (AvgIpc) is 3.05. The monoisotopic (exact) mass is 452 g/mol. The van der Waals surface area contributed by atoms with Crippen LogP contribution in [0.2, 0.25) is 0 Å². The summed E-state index contributed by atoms with van der Waals surface area (Å²) in [4.78, 5) is 43.4. The van der Waals surface area contributed by atoms with Gasteiger partial charge in [0.2, 0.25) is 5.91 Å². The van der Waals surface area contributed by atoms with Crippen molar-refractivity contribution < 1.29 is 23.9 Å². The summed E-state index contributed by atoms with van der Waals surface area (Å²) in [6.07, 6.45) is 0. The van der Waals surface area contributed by atoms with Gasteiger partial charge < -0.3 is 15.3 Å². The fourth-order valence-corrected chi connectivity index (χ4v) is 4.16. The number of anilines is 2. The second-order valence-electron chi connectivity index (χ2n) is 7.96. The zero-order chi connectivity index (χ0) is 23.5. The Morgan fingerprint density at radius 2 is 1.61 bits per heavy atom. The molecule has 1 saturated heterocycles. The molecule has 2 N–H and O–H groups in total. The molecule has 0 spiro atoms. The van der Waals surface area contributed by atoms with E-state index in [1.54, 1.807) is 24.3 Å². The molecule has 172 valence electrons. The van der Waals surface area contributed by atoms with Crippen LogP contribution >= 0.6 is 0 Å². The van der Waals surface area contributed by atoms with Gasteiger partial charge in [0.1, 0.15) is 11.5 Å². The van der Waals surface area contributed by atoms with Crippen LogP contribution in [-0.2, 0) is 14.4 Å². The van der Waals surface area contributed by atoms with Gasteiger partial charge in [-0.1, -0.05) is 12.1 Å². The first-order valence-electron chi connectivity index (χ1n) is 10.7. The fourth-order valence-electron chi connectivity index (χ4n) is 4.16. The summed E-state index contributed by atoms with van der Waals surface area (Å²) in [6, 6.07) is 12.0. The van der Waals surface area contributed by atoms with Gasteiger partial charge in [0.05, 0.1) is 17.9 Å². The maximum Gasteiger partial charge on any atom is 0.282 e. The summed E-state index contributed by atoms with van der Waals surface area (Å²) < 4.78 is 13.5. The van der Waals surface area contributed by atoms with E-state index in [-0.39, 0.29) is 18.1 Å². The third-order valence-electron chi connectivity index (χ3n) is 5.74. The largest absolute Gasteiger partial charge is 0.395 e. The molecule has 2 aromatic rings. The van der Waals surface area contributed by atoms with Crippen LogP contribution in [0, 0.1) is 5.82 Å². The van der Waals surface area contributed by atoms with Crippen LogP contribution in [0.4, 0.5) is 15.8 Å². The lowest BCUT2D eigenvalue weighted by molar-refractivity contribution is -0.121. The maximum absolute atomic E-state index is 13.5. The van der Waals surface area contributed by atoms with Gasteiger partial charge >= 0.3 is 0 Å². The van der Waals surface area contributed by atoms with Gasteiger partial charge in [-0.05, 0) is 42.0 Å². The van der Waals surface area contributed by atoms with Gasteiger partial charge in [-0.25, -0.2) is 9.29 Å². The van der Waals surface area contributed by atoms with Crippen LogP contribution in [0.3, 0.4) is 0 Å². The van der Waals surface area contributed by atoms with Crippen molar-refractivity contribution in [3.8, 4) is 0 Å². The van der Waals surface area contributed by atoms with Crippen molar-refractivity contribution in [1.29, 1.82) is 0 Å². The lowest BCUT2D eigenvalue weighted by Gasteiger charge is -2.36. The normalized spacial score (nSPS) is 17.2. The second kappa shape index (κ2) is 9.51. The smallest absolute Gasteiger partial charge is 0.282 e. The highest BCUT2D eigenvalue weighted by atomic mass is 19.1. The highest BCUT2D eigenvalue weighted by Gasteiger charge is 2.43. The minimum Gasteiger partial charge on any atom is -0.395 e. The molecule has 4 rings (SSSR count). The molecule has 3 amide bonds. The molecule has 0 saturated carbocycles. The van der Waals surface area contributed by atoms with Gasteiger partial charge in [0.15, 0.2) is 0 Å². The summed E-state index contributed by atoms with van der Waals surface area (Å²) >= 11 is 0. The Morgan fingerprint density at radius 1 is 0.970 bits per heavy atom. The van der Waals surface area contributed by atoms with Crippen molar-refractivity contribution in [2.45, 2.75) is 6.92 Å². The number of benzene rings is 2. The van der Waals surface area contributed by atoms with E-state index in [2.05, 4.69) is 10.2 Å². The van der Waals surface area contributed by atoms with Crippen LogP contribution in [0.15, 0.2) is 54.2 Å². The second-order valence-corrected chi connectivity index (χ2v) is 7.96. The molecule has 8 nitrogen and oxygen atoms in total. The number of aliphatic hydroxyl groups excluding tert-OH is 1. The number of hydrogen-bond acceptors (Lipinski definition) is 6. The number of halogens is 1. The number of piperazine rings is 1. The molecule has 2 aliphatic rings. The topological polar surface area (TPSA) is 93.2 Å². The lowest BCUT2D eigenvalue weighted by Crippen LogP contribution is -2.48. The van der Waals surface area contributed by atoms with E-state index in [1.807, 2.05) is 4.90 Å². The molecular formula is C24H25FN4O4. The average molecular weight is 452 g/mol. The van der Waals surface area contributed by atoms with Crippen molar-refractivity contribution >= 4 is 34.7 Å². The predicted molar refractivity (Wildman–Crippen MR) is 122 cm³/mol. The Morgan fingerprint density at radius 3 is 2.18 bits per heavy atom. The van der Waals surface area contributed by atoms with E-state index in [9.17, 15) is 23.9 Å². The highest BCUT2D eigenvalue weighted by Crippen LogP contribution is 2.35. The third-order valence-corrected chi connectivity index (χ3v) is 5.74. The molecule has 0 atom stereocenters. The number of β-amino-alcohol motifs (C(OH)–C–C–N with tert-alkyl or cyclic N) is 1. The Kier molecular flexibility index (Phi) is 6.52. The minimum atomic E-state index is -0.480. The molecule has 1 fully saturated rings. The summed E-state index contributed by atoms with van der Waals surface area (Å²) in [5.41, 5.74) is 1.94. The van der Waals surface area contributed by atoms with Gasteiger partial charge in [-0.3, -0.25) is 19.3 Å². The summed E-state index contributed by atoms with van der Waals surface area (Å²) in [6.45, 7) is 4.34. The lowest BCUT2D eigenvalue weighted by atomic mass is 10.0. The van der Waals surface area contributed by atoms with Crippen molar-refractivity contribution in [3.63, 3.8) is 0 Å². The number of carbonyl (C=O) groups is 3. The number of rotatable bonds is 6. The van der Waals surface area contributed by atoms with Gasteiger partial charge in [-0.15, -0.1) is 0 Å². The van der Waals surface area contributed by atoms with Crippen LogP contribution in [0.25, 0.3) is 5.57 Å². The summed E-state index contributed by atoms with van der Waals surface area (Å²) in [5, 5.41) is 11.8. The van der Waals surface area contributed by atoms with E-state index >= 15 is 0 Å². The Bertz CT molecular complexity index is 1090. The van der Waals surface area contributed by atoms with Crippen LogP contribution in [0.5, 0.6) is 0 Å². The first kappa shape index (κ1) is 22.6. The number of imide groups is 1. The van der Waals surface area contributed by atoms with Crippen LogP contribution in [-0.4, -0.2) is 72.0 Å². The van der Waals surface area contributed by atoms with Crippen LogP contribution < -0.4 is 10.2 Å². The van der Waals surface area contributed by atoms with Gasteiger partial charge in [0.25, 0.3) is 11.8 Å². The molecule has 2 aliphatic heterocycles. The quantitative estimate of drug-likeness (QED) is 0.648. The number of aliphatic hydroxyl groups is 1. The predicted octanol–water partition coefficient (Wildman–Crippen LogP) is 1.68. The molecule has 0 radical (unpaired) electrons. The first-order valence-corrected chi connectivity index (χ1v) is 10.7. The number of nitrogens with one attached hydrogen (secondary N) is 1. The highest BCUT2D eigenvalue weighted by molar-refractivity contribution is 6.45. The molecule has 9 heteroatoms. The minimum absolute atomic E-state index is 0.0587. The van der Waals surface area contributed by atoms with Crippen molar-refractivity contribution in [3.05, 3.63) is 65.6 Å². The Labute approximate surface area is 190 Å². The Balaban J connectivity index is 1.69. The molecule has 0 unspecified atom stereocenters. The van der Waals surface area contributed by atoms with Gasteiger partial charge in [0, 0.05) is 45.3 Å². The van der Waals surface area contributed by atoms with E-state index in [4.69, 9.17) is 0 Å². The summed E-state index contributed by atoms with van der Waals surface area (Å²) in [7, 11) is 0. The zero-order valence-corrected chi connectivity index (χ0v) is 18.3. The van der Waals surface area contributed by atoms with E-state index in [1.165, 1.54) is 31.2 Å². The van der Waals surface area contributed by atoms with E-state index in [0.717, 1.165) is 4.90 Å². The molecule has 2 aromatic carbocycles. The van der Waals surface area contributed by atoms with Gasteiger partial charge in [-0.2, -0.15) is 0 Å². The van der Waals surface area contributed by atoms with E-state index < -0.39 is 17.6 Å². The van der Waals surface area contributed by atoms with Crippen molar-refractivity contribution in [2.24, 2.45) is 0 Å². The third kappa shape index (κ3) is 4.64. The molecule has 0 bridgehead atoms. The SMILES string of the molecule is CC(=O)Nc1ccc(N2C(=O)C(c3ccc(F)cc3)=C(N3CCN(CCO)CC3)C2=O)cc1. The first-order chi connectivity index (χ1) is 15.9. The van der Waals surface area contributed by atoms with Crippen molar-refractivity contribution in [2.75, 3.05) is 49.5 Å². The van der Waals surface area contributed by atoms with Crippen molar-refractivity contribution in [1.82, 2.24) is 9.80 Å². The Hall–Kier alpha value is -3.56. The number of hydrogen-bond donors (Lipinski definition) is 2. The molecule has 0 aliphatic carbocycles. The summed E-state index contributed by atoms with van der Waals surface area (Å²) in [5.74, 6) is -1.58. The fraction of sp³-hybridized carbons (Fsp3) is 0.292. The standard InChI is InChI=1S/C24H25FN4O4/c1-16(31)26-19-6-8-20(9-7-19)29-23(32)21(17-2-4-18(25)5-3-17)22(24(29)33)28-12-10-27(11-13-28)14-15-30/h2-9,30H,10-15H2,1H3,(H,26,31). The molecule has 0 aromatic heterocycles. The molecule has 33 heavy (non-hydrogen) atoms. The number of carbonyl (C=O) groups excluding carboxylic acids is 3. The number of amides is 3. The number of nitrogens with zero attached hydrogens (tertiary/aromatic N) is 3.